The SMILES string of the molecule is Cc1ncnc(Oc2cccc(Cl)c2Cl)c1F. The summed E-state index contributed by atoms with van der Waals surface area (Å²) in [5.41, 5.74) is 0.202. The van der Waals surface area contributed by atoms with E-state index in [0.717, 1.165) is 0 Å². The minimum absolute atomic E-state index is 0.179. The zero-order valence-corrected chi connectivity index (χ0v) is 10.3. The fourth-order valence-corrected chi connectivity index (χ4v) is 1.50. The Morgan fingerprint density at radius 3 is 2.76 bits per heavy atom. The molecule has 88 valence electrons. The minimum Gasteiger partial charge on any atom is -0.435 e. The van der Waals surface area contributed by atoms with E-state index in [1.807, 2.05) is 0 Å². The highest BCUT2D eigenvalue weighted by molar-refractivity contribution is 6.42. The van der Waals surface area contributed by atoms with Crippen molar-refractivity contribution in [1.82, 2.24) is 9.97 Å². The first-order chi connectivity index (χ1) is 8.09. The van der Waals surface area contributed by atoms with E-state index < -0.39 is 5.82 Å². The standard InChI is InChI=1S/C11H7Cl2FN2O/c1-6-10(14)11(16-5-15-6)17-8-4-2-3-7(12)9(8)13/h2-5H,1H3. The summed E-state index contributed by atoms with van der Waals surface area (Å²) < 4.78 is 18.9. The highest BCUT2D eigenvalue weighted by Crippen LogP contribution is 2.34. The second-order valence-corrected chi connectivity index (χ2v) is 4.02. The molecule has 0 atom stereocenters. The van der Waals surface area contributed by atoms with Gasteiger partial charge in [-0.1, -0.05) is 29.3 Å². The van der Waals surface area contributed by atoms with Gasteiger partial charge in [0, 0.05) is 0 Å². The van der Waals surface area contributed by atoms with Gasteiger partial charge in [-0.15, -0.1) is 0 Å². The molecular formula is C11H7Cl2FN2O. The van der Waals surface area contributed by atoms with Crippen LogP contribution < -0.4 is 4.74 Å². The molecule has 0 aliphatic carbocycles. The Hall–Kier alpha value is -1.39. The van der Waals surface area contributed by atoms with Crippen molar-refractivity contribution in [3.05, 3.63) is 46.1 Å². The maximum Gasteiger partial charge on any atom is 0.259 e. The van der Waals surface area contributed by atoms with E-state index in [-0.39, 0.29) is 22.3 Å². The molecular weight excluding hydrogens is 266 g/mol. The van der Waals surface area contributed by atoms with E-state index >= 15 is 0 Å². The number of benzene rings is 1. The number of aryl methyl sites for hydroxylation is 1. The molecule has 0 aliphatic rings. The molecule has 1 aromatic carbocycles. The molecule has 0 saturated carbocycles. The van der Waals surface area contributed by atoms with E-state index in [1.165, 1.54) is 13.3 Å². The molecule has 1 aromatic heterocycles. The average molecular weight is 273 g/mol. The van der Waals surface area contributed by atoms with E-state index in [2.05, 4.69) is 9.97 Å². The monoisotopic (exact) mass is 272 g/mol. The van der Waals surface area contributed by atoms with Gasteiger partial charge in [0.25, 0.3) is 5.88 Å². The third-order valence-corrected chi connectivity index (χ3v) is 2.86. The van der Waals surface area contributed by atoms with Crippen molar-refractivity contribution in [2.24, 2.45) is 0 Å². The second-order valence-electron chi connectivity index (χ2n) is 3.23. The van der Waals surface area contributed by atoms with Gasteiger partial charge in [0.05, 0.1) is 10.7 Å². The van der Waals surface area contributed by atoms with Crippen molar-refractivity contribution >= 4 is 23.2 Å². The Morgan fingerprint density at radius 1 is 1.24 bits per heavy atom. The van der Waals surface area contributed by atoms with Gasteiger partial charge in [-0.3, -0.25) is 0 Å². The molecule has 2 aromatic rings. The number of hydrogen-bond acceptors (Lipinski definition) is 3. The molecule has 0 unspecified atom stereocenters. The molecule has 0 bridgehead atoms. The summed E-state index contributed by atoms with van der Waals surface area (Å²) in [5.74, 6) is -0.554. The number of aromatic nitrogens is 2. The smallest absolute Gasteiger partial charge is 0.259 e. The predicted octanol–water partition coefficient (Wildman–Crippen LogP) is 4.02. The lowest BCUT2D eigenvalue weighted by Crippen LogP contribution is -1.97. The normalized spacial score (nSPS) is 10.4. The van der Waals surface area contributed by atoms with Crippen LogP contribution in [0.1, 0.15) is 5.69 Å². The summed E-state index contributed by atoms with van der Waals surface area (Å²) in [6.07, 6.45) is 1.21. The van der Waals surface area contributed by atoms with Crippen molar-refractivity contribution in [2.45, 2.75) is 6.92 Å². The largest absolute Gasteiger partial charge is 0.435 e. The first-order valence-corrected chi connectivity index (χ1v) is 5.44. The van der Waals surface area contributed by atoms with Gasteiger partial charge in [-0.25, -0.2) is 4.98 Å². The van der Waals surface area contributed by atoms with Crippen LogP contribution in [-0.4, -0.2) is 9.97 Å². The number of rotatable bonds is 2. The fourth-order valence-electron chi connectivity index (χ4n) is 1.17. The predicted molar refractivity (Wildman–Crippen MR) is 63.3 cm³/mol. The Labute approximate surface area is 107 Å². The maximum atomic E-state index is 13.6. The van der Waals surface area contributed by atoms with E-state index in [9.17, 15) is 4.39 Å². The molecule has 17 heavy (non-hydrogen) atoms. The molecule has 0 spiro atoms. The Bertz CT molecular complexity index is 514. The van der Waals surface area contributed by atoms with Crippen LogP contribution in [0, 0.1) is 12.7 Å². The van der Waals surface area contributed by atoms with Gasteiger partial charge >= 0.3 is 0 Å². The molecule has 0 fully saturated rings. The van der Waals surface area contributed by atoms with Crippen molar-refractivity contribution in [3.63, 3.8) is 0 Å². The first-order valence-electron chi connectivity index (χ1n) is 4.68. The van der Waals surface area contributed by atoms with Crippen LogP contribution in [-0.2, 0) is 0 Å². The Morgan fingerprint density at radius 2 is 2.00 bits per heavy atom. The van der Waals surface area contributed by atoms with E-state index in [4.69, 9.17) is 27.9 Å². The van der Waals surface area contributed by atoms with Crippen molar-refractivity contribution < 1.29 is 9.13 Å². The van der Waals surface area contributed by atoms with E-state index in [0.29, 0.717) is 5.02 Å². The van der Waals surface area contributed by atoms with Crippen molar-refractivity contribution in [3.8, 4) is 11.6 Å². The third kappa shape index (κ3) is 2.48. The molecule has 3 nitrogen and oxygen atoms in total. The van der Waals surface area contributed by atoms with Gasteiger partial charge in [0.15, 0.2) is 0 Å². The number of nitrogens with zero attached hydrogens (tertiary/aromatic N) is 2. The highest BCUT2D eigenvalue weighted by atomic mass is 35.5. The molecule has 0 radical (unpaired) electrons. The number of halogens is 3. The molecule has 0 aliphatic heterocycles. The second kappa shape index (κ2) is 4.85. The quantitative estimate of drug-likeness (QED) is 0.828. The summed E-state index contributed by atoms with van der Waals surface area (Å²) in [6.45, 7) is 1.52. The Balaban J connectivity index is 2.38. The lowest BCUT2D eigenvalue weighted by atomic mass is 10.3. The van der Waals surface area contributed by atoms with Crippen LogP contribution >= 0.6 is 23.2 Å². The molecule has 2 rings (SSSR count). The lowest BCUT2D eigenvalue weighted by molar-refractivity contribution is 0.417. The van der Waals surface area contributed by atoms with Crippen LogP contribution in [0.3, 0.4) is 0 Å². The summed E-state index contributed by atoms with van der Waals surface area (Å²) in [5, 5.41) is 0.542. The van der Waals surface area contributed by atoms with Crippen LogP contribution in [0.4, 0.5) is 4.39 Å². The molecule has 1 heterocycles. The van der Waals surface area contributed by atoms with Crippen molar-refractivity contribution in [1.29, 1.82) is 0 Å². The molecule has 0 N–H and O–H groups in total. The van der Waals surface area contributed by atoms with Gasteiger partial charge in [0.1, 0.15) is 17.1 Å². The average Bonchev–Trinajstić information content (AvgIpc) is 2.31. The molecule has 0 saturated heterocycles. The topological polar surface area (TPSA) is 35.0 Å². The van der Waals surface area contributed by atoms with E-state index in [1.54, 1.807) is 18.2 Å². The lowest BCUT2D eigenvalue weighted by Gasteiger charge is -2.08. The number of hydrogen-bond donors (Lipinski definition) is 0. The van der Waals surface area contributed by atoms with Crippen LogP contribution in [0.25, 0.3) is 0 Å². The molecule has 0 amide bonds. The summed E-state index contributed by atoms with van der Waals surface area (Å²) in [6, 6.07) is 4.83. The zero-order valence-electron chi connectivity index (χ0n) is 8.75. The first kappa shape index (κ1) is 12.1. The maximum absolute atomic E-state index is 13.6. The summed E-state index contributed by atoms with van der Waals surface area (Å²) in [7, 11) is 0. The highest BCUT2D eigenvalue weighted by Gasteiger charge is 2.13. The fraction of sp³-hybridized carbons (Fsp3) is 0.0909. The number of ether oxygens (including phenoxy) is 1. The third-order valence-electron chi connectivity index (χ3n) is 2.05. The minimum atomic E-state index is -0.622. The van der Waals surface area contributed by atoms with Crippen LogP contribution in [0.15, 0.2) is 24.5 Å². The van der Waals surface area contributed by atoms with Gasteiger partial charge in [-0.2, -0.15) is 9.37 Å². The van der Waals surface area contributed by atoms with Crippen molar-refractivity contribution in [2.75, 3.05) is 0 Å². The van der Waals surface area contributed by atoms with Crippen LogP contribution in [0.5, 0.6) is 11.6 Å². The van der Waals surface area contributed by atoms with Gasteiger partial charge in [-0.05, 0) is 19.1 Å². The van der Waals surface area contributed by atoms with Crippen LogP contribution in [0.2, 0.25) is 10.0 Å². The summed E-state index contributed by atoms with van der Waals surface area (Å²) >= 11 is 11.7. The molecule has 6 heteroatoms. The van der Waals surface area contributed by atoms with Gasteiger partial charge in [0.2, 0.25) is 5.82 Å². The zero-order chi connectivity index (χ0) is 12.4. The van der Waals surface area contributed by atoms with Gasteiger partial charge < -0.3 is 4.74 Å². The summed E-state index contributed by atoms with van der Waals surface area (Å²) in [4.78, 5) is 7.39. The Kier molecular flexibility index (Phi) is 3.45.